The summed E-state index contributed by atoms with van der Waals surface area (Å²) in [6, 6.07) is 6.64. The zero-order valence-electron chi connectivity index (χ0n) is 14.3. The fraction of sp³-hybridized carbons (Fsp3) is 0.500. The van der Waals surface area contributed by atoms with Gasteiger partial charge in [-0.15, -0.1) is 24.8 Å². The first-order valence-corrected chi connectivity index (χ1v) is 21.5. The van der Waals surface area contributed by atoms with E-state index in [0.717, 1.165) is 0 Å². The number of halogens is 3. The van der Waals surface area contributed by atoms with Crippen LogP contribution < -0.4 is 3.26 Å². The van der Waals surface area contributed by atoms with Crippen molar-refractivity contribution in [3.8, 4) is 0 Å². The Kier molecular flexibility index (Phi) is 7.49. The van der Waals surface area contributed by atoms with E-state index in [4.69, 9.17) is 0 Å². The first kappa shape index (κ1) is 23.1. The van der Waals surface area contributed by atoms with Crippen LogP contribution in [0.15, 0.2) is 28.2 Å². The average molecular weight is 505 g/mol. The number of rotatable bonds is 2. The fourth-order valence-electron chi connectivity index (χ4n) is 4.05. The minimum atomic E-state index is -3.04. The maximum Gasteiger partial charge on any atom is -0.147 e. The van der Waals surface area contributed by atoms with Crippen LogP contribution in [0, 0.1) is 0 Å². The van der Waals surface area contributed by atoms with Crippen LogP contribution in [0.25, 0.3) is 6.08 Å². The summed E-state index contributed by atoms with van der Waals surface area (Å²) in [5.41, 5.74) is 4.60. The largest absolute Gasteiger partial charge is 0.147 e. The number of hydrogen-bond acceptors (Lipinski definition) is 1. The van der Waals surface area contributed by atoms with Crippen LogP contribution in [-0.4, -0.2) is 12.4 Å². The molecule has 1 aliphatic carbocycles. The van der Waals surface area contributed by atoms with Crippen LogP contribution >= 0.6 is 40.7 Å². The van der Waals surface area contributed by atoms with Crippen molar-refractivity contribution in [2.45, 2.75) is 46.1 Å². The first-order chi connectivity index (χ1) is 8.89. The van der Waals surface area contributed by atoms with Crippen molar-refractivity contribution in [3.05, 3.63) is 39.4 Å². The van der Waals surface area contributed by atoms with Crippen LogP contribution in [-0.2, 0) is 17.7 Å². The molecule has 0 aromatic heterocycles. The van der Waals surface area contributed by atoms with Crippen LogP contribution in [0.5, 0.6) is 0 Å². The van der Waals surface area contributed by atoms with Gasteiger partial charge in [-0.05, 0) is 0 Å². The molecule has 22 heavy (non-hydrogen) atoms. The van der Waals surface area contributed by atoms with E-state index in [1.165, 1.54) is 21.2 Å². The Bertz CT molecular complexity index is 659. The predicted octanol–water partition coefficient (Wildman–Crippen LogP) is 5.39. The summed E-state index contributed by atoms with van der Waals surface area (Å²) in [5, 5.41) is 0. The van der Waals surface area contributed by atoms with Crippen LogP contribution in [0.1, 0.15) is 42.4 Å². The Hall–Kier alpha value is 1.08. The molecule has 6 heteroatoms. The minimum absolute atomic E-state index is 0. The molecule has 1 N–H and O–H groups in total. The van der Waals surface area contributed by atoms with Gasteiger partial charge in [0.05, 0.1) is 0 Å². The normalized spacial score (nSPS) is 18.0. The first-order valence-electron chi connectivity index (χ1n) is 7.23. The summed E-state index contributed by atoms with van der Waals surface area (Å²) in [7, 11) is 0. The Morgan fingerprint density at radius 1 is 1.18 bits per heavy atom. The predicted molar refractivity (Wildman–Crippen MR) is 108 cm³/mol. The number of hydrogen-bond donors (Lipinski definition) is 1. The van der Waals surface area contributed by atoms with Gasteiger partial charge in [-0.1, -0.05) is 0 Å². The summed E-state index contributed by atoms with van der Waals surface area (Å²) in [6.07, 6.45) is 2.38. The van der Waals surface area contributed by atoms with E-state index in [2.05, 4.69) is 87.3 Å². The molecule has 126 valence electrons. The van der Waals surface area contributed by atoms with Crippen molar-refractivity contribution >= 4 is 53.7 Å². The second-order valence-electron chi connectivity index (χ2n) is 8.25. The molecule has 1 aromatic carbocycles. The minimum Gasteiger partial charge on any atom is -0.147 e. The second-order valence-corrected chi connectivity index (χ2v) is 37.8. The van der Waals surface area contributed by atoms with E-state index in [9.17, 15) is 0 Å². The van der Waals surface area contributed by atoms with Crippen molar-refractivity contribution in [2.24, 2.45) is 0 Å². The fourth-order valence-corrected chi connectivity index (χ4v) is 24.2. The number of nitrogens with one attached hydrogen (secondary N) is 1. The molecule has 0 fully saturated rings. The molecule has 1 nitrogen and oxygen atoms in total. The molecule has 2 rings (SSSR count). The quantitative estimate of drug-likeness (QED) is 0.533. The third-order valence-electron chi connectivity index (χ3n) is 3.94. The van der Waals surface area contributed by atoms with E-state index in [1.54, 1.807) is 0 Å². The molecule has 0 bridgehead atoms. The van der Waals surface area contributed by atoms with E-state index in [0.29, 0.717) is 3.63 Å². The van der Waals surface area contributed by atoms with Crippen LogP contribution in [0.3, 0.4) is 0 Å². The van der Waals surface area contributed by atoms with Gasteiger partial charge in [0.15, 0.2) is 0 Å². The molecule has 1 aliphatic rings. The molecule has 1 aromatic rings. The van der Waals surface area contributed by atoms with Gasteiger partial charge < -0.3 is 0 Å². The molecule has 0 aliphatic heterocycles. The molecule has 1 unspecified atom stereocenters. The van der Waals surface area contributed by atoms with Crippen molar-refractivity contribution in [1.82, 2.24) is 3.26 Å². The molecule has 1 atom stereocenters. The maximum atomic E-state index is 4.07. The van der Waals surface area contributed by atoms with Crippen LogP contribution in [0.2, 0.25) is 9.26 Å². The monoisotopic (exact) mass is 501 g/mol. The Labute approximate surface area is 158 Å². The molecule has 0 saturated heterocycles. The summed E-state index contributed by atoms with van der Waals surface area (Å²) in [5.74, 6) is 0. The number of allylic oxidation sites excluding steroid dienone is 1. The van der Waals surface area contributed by atoms with Crippen molar-refractivity contribution < 1.29 is 17.7 Å². The van der Waals surface area contributed by atoms with Gasteiger partial charge in [-0.3, -0.25) is 0 Å². The van der Waals surface area contributed by atoms with Crippen molar-refractivity contribution in [2.75, 3.05) is 0 Å². The smallest absolute Gasteiger partial charge is 0.147 e. The van der Waals surface area contributed by atoms with Gasteiger partial charge in [0.25, 0.3) is 0 Å². The summed E-state index contributed by atoms with van der Waals surface area (Å²) in [6.45, 7) is 11.4. The third-order valence-corrected chi connectivity index (χ3v) is 18.4. The van der Waals surface area contributed by atoms with E-state index in [1.807, 2.05) is 0 Å². The van der Waals surface area contributed by atoms with Gasteiger partial charge in [0, 0.05) is 0 Å². The molecule has 0 heterocycles. The molecule has 0 radical (unpaired) electrons. The standard InChI is InChI=1S/C10H8Br.C4H10N.2CH3.2ClH.H2Si.Zr/c1-7-5-8-3-2-4-10(11)9(8)6-7;1-4(2,3)5;;;;;;/h2-6H,1H3;5H,1-3H3;2*1H3;2*1H;1H2;/q;-1;;;;;;+1. The molecular weight excluding hydrogens is 476 g/mol. The van der Waals surface area contributed by atoms with Crippen molar-refractivity contribution in [1.29, 1.82) is 0 Å². The van der Waals surface area contributed by atoms with Gasteiger partial charge in [-0.2, -0.15) is 0 Å². The van der Waals surface area contributed by atoms with E-state index in [-0.39, 0.29) is 30.4 Å². The maximum absolute atomic E-state index is 4.07. The average Bonchev–Trinajstić information content (AvgIpc) is 2.51. The zero-order chi connectivity index (χ0) is 15.4. The van der Waals surface area contributed by atoms with Crippen molar-refractivity contribution in [3.63, 3.8) is 0 Å². The van der Waals surface area contributed by atoms with Gasteiger partial charge in [0.2, 0.25) is 0 Å². The van der Waals surface area contributed by atoms with E-state index >= 15 is 0 Å². The zero-order valence-corrected chi connectivity index (χ0v) is 21.4. The number of fused-ring (bicyclic) bond motifs is 1. The van der Waals surface area contributed by atoms with Gasteiger partial charge >= 0.3 is 135 Å². The molecular formula is C16H28BrCl2NSiZr. The Balaban J connectivity index is 0.00000220. The summed E-state index contributed by atoms with van der Waals surface area (Å²) >= 11 is 0.671. The van der Waals surface area contributed by atoms with Crippen LogP contribution in [0.4, 0.5) is 0 Å². The topological polar surface area (TPSA) is 12.0 Å². The summed E-state index contributed by atoms with van der Waals surface area (Å²) in [4.78, 5) is 0. The molecule has 0 spiro atoms. The van der Waals surface area contributed by atoms with Gasteiger partial charge in [-0.25, -0.2) is 0 Å². The van der Waals surface area contributed by atoms with E-state index < -0.39 is 17.7 Å². The molecule has 0 amide bonds. The van der Waals surface area contributed by atoms with Gasteiger partial charge in [0.1, 0.15) is 0 Å². The second kappa shape index (κ2) is 7.14. The third kappa shape index (κ3) is 4.80. The Morgan fingerprint density at radius 2 is 1.73 bits per heavy atom. The summed E-state index contributed by atoms with van der Waals surface area (Å²) < 4.78 is 11.0. The number of benzene rings is 1. The Morgan fingerprint density at radius 3 is 2.23 bits per heavy atom. The molecule has 0 saturated carbocycles. The SMILES string of the molecule is CC1=Cc2c(Br)cccc2[CH]1[Zr]([CH3])([CH3])(=[SiH2])[NH]C(C)(C)C.Cl.Cl.